The Morgan fingerprint density at radius 1 is 1.55 bits per heavy atom. The summed E-state index contributed by atoms with van der Waals surface area (Å²) in [7, 11) is 0. The number of hydrogen-bond acceptors (Lipinski definition) is 2. The van der Waals surface area contributed by atoms with Crippen LogP contribution >= 0.6 is 0 Å². The Labute approximate surface area is 65.3 Å². The Balaban J connectivity index is 2.56. The van der Waals surface area contributed by atoms with E-state index in [0.29, 0.717) is 12.8 Å². The molecule has 0 aromatic rings. The van der Waals surface area contributed by atoms with Gasteiger partial charge in [-0.1, -0.05) is 6.08 Å². The van der Waals surface area contributed by atoms with Gasteiger partial charge in [-0.3, -0.25) is 4.79 Å². The van der Waals surface area contributed by atoms with Crippen LogP contribution in [0.2, 0.25) is 0 Å². The van der Waals surface area contributed by atoms with Crippen molar-refractivity contribution >= 4 is 5.97 Å². The molecule has 1 aliphatic carbocycles. The molecule has 0 heterocycles. The first-order valence-electron chi connectivity index (χ1n) is 3.68. The molecule has 1 aliphatic rings. The van der Waals surface area contributed by atoms with Crippen molar-refractivity contribution in [2.75, 3.05) is 0 Å². The molecule has 11 heavy (non-hydrogen) atoms. The van der Waals surface area contributed by atoms with Gasteiger partial charge < -0.3 is 10.2 Å². The molecule has 0 amide bonds. The Morgan fingerprint density at radius 2 is 2.18 bits per heavy atom. The second-order valence-electron chi connectivity index (χ2n) is 2.97. The molecule has 0 saturated heterocycles. The summed E-state index contributed by atoms with van der Waals surface area (Å²) in [5.41, 5.74) is 0. The van der Waals surface area contributed by atoms with E-state index in [0.717, 1.165) is 0 Å². The summed E-state index contributed by atoms with van der Waals surface area (Å²) in [5.74, 6) is -1.22. The molecular weight excluding hydrogens is 144 g/mol. The van der Waals surface area contributed by atoms with E-state index in [2.05, 4.69) is 6.58 Å². The van der Waals surface area contributed by atoms with Crippen molar-refractivity contribution in [3.05, 3.63) is 12.7 Å². The number of aliphatic carboxylic acids is 1. The number of carboxylic acid groups (broad SMARTS) is 1. The molecule has 62 valence electrons. The lowest BCUT2D eigenvalue weighted by molar-refractivity contribution is -0.141. The van der Waals surface area contributed by atoms with Crippen LogP contribution in [0, 0.1) is 11.8 Å². The molecule has 3 nitrogen and oxygen atoms in total. The van der Waals surface area contributed by atoms with Gasteiger partial charge in [-0.15, -0.1) is 6.58 Å². The molecule has 0 spiro atoms. The summed E-state index contributed by atoms with van der Waals surface area (Å²) < 4.78 is 0. The standard InChI is InChI=1S/C8H12O3/c1-2-5-3-6(8(10)11)4-7(5)9/h2,5-7,9H,1,3-4H2,(H,10,11)/t5-,6-,7-/m1/s1. The Morgan fingerprint density at radius 3 is 2.45 bits per heavy atom. The van der Waals surface area contributed by atoms with E-state index in [1.54, 1.807) is 6.08 Å². The van der Waals surface area contributed by atoms with Gasteiger partial charge in [-0.2, -0.15) is 0 Å². The highest BCUT2D eigenvalue weighted by molar-refractivity contribution is 5.70. The van der Waals surface area contributed by atoms with Crippen molar-refractivity contribution in [2.45, 2.75) is 18.9 Å². The van der Waals surface area contributed by atoms with Crippen molar-refractivity contribution in [3.8, 4) is 0 Å². The fourth-order valence-corrected chi connectivity index (χ4v) is 1.50. The normalized spacial score (nSPS) is 37.0. The Kier molecular flexibility index (Phi) is 2.29. The first-order valence-corrected chi connectivity index (χ1v) is 3.68. The third-order valence-corrected chi connectivity index (χ3v) is 2.23. The van der Waals surface area contributed by atoms with E-state index < -0.39 is 12.1 Å². The predicted molar refractivity (Wildman–Crippen MR) is 40.1 cm³/mol. The quantitative estimate of drug-likeness (QED) is 0.577. The summed E-state index contributed by atoms with van der Waals surface area (Å²) in [6.45, 7) is 3.53. The third-order valence-electron chi connectivity index (χ3n) is 2.23. The Hall–Kier alpha value is -0.830. The summed E-state index contributed by atoms with van der Waals surface area (Å²) in [4.78, 5) is 10.5. The fraction of sp³-hybridized carbons (Fsp3) is 0.625. The van der Waals surface area contributed by atoms with Crippen LogP contribution < -0.4 is 0 Å². The summed E-state index contributed by atoms with van der Waals surface area (Å²) in [5, 5.41) is 17.9. The minimum atomic E-state index is -0.812. The maximum absolute atomic E-state index is 10.5. The van der Waals surface area contributed by atoms with Crippen molar-refractivity contribution in [2.24, 2.45) is 11.8 Å². The van der Waals surface area contributed by atoms with Crippen molar-refractivity contribution in [1.82, 2.24) is 0 Å². The second kappa shape index (κ2) is 3.05. The van der Waals surface area contributed by atoms with Crippen LogP contribution in [-0.4, -0.2) is 22.3 Å². The number of aliphatic hydroxyl groups excluding tert-OH is 1. The van der Waals surface area contributed by atoms with Crippen molar-refractivity contribution in [1.29, 1.82) is 0 Å². The molecule has 0 aliphatic heterocycles. The highest BCUT2D eigenvalue weighted by Gasteiger charge is 2.34. The first kappa shape index (κ1) is 8.27. The molecule has 2 N–H and O–H groups in total. The second-order valence-corrected chi connectivity index (χ2v) is 2.97. The highest BCUT2D eigenvalue weighted by atomic mass is 16.4. The lowest BCUT2D eigenvalue weighted by Gasteiger charge is -2.05. The van der Waals surface area contributed by atoms with Crippen LogP contribution in [0.1, 0.15) is 12.8 Å². The molecule has 1 saturated carbocycles. The average molecular weight is 156 g/mol. The number of carbonyl (C=O) groups is 1. The molecule has 1 fully saturated rings. The number of hydrogen-bond donors (Lipinski definition) is 2. The number of rotatable bonds is 2. The zero-order valence-electron chi connectivity index (χ0n) is 6.23. The molecule has 0 bridgehead atoms. The van der Waals surface area contributed by atoms with Crippen LogP contribution in [-0.2, 0) is 4.79 Å². The SMILES string of the molecule is C=C[C@@H]1C[C@@H](C(=O)O)C[C@H]1O. The van der Waals surface area contributed by atoms with Gasteiger partial charge in [0.05, 0.1) is 12.0 Å². The van der Waals surface area contributed by atoms with Crippen molar-refractivity contribution < 1.29 is 15.0 Å². The van der Waals surface area contributed by atoms with E-state index in [9.17, 15) is 9.90 Å². The summed E-state index contributed by atoms with van der Waals surface area (Å²) in [6.07, 6.45) is 2.02. The van der Waals surface area contributed by atoms with Crippen LogP contribution in [0.3, 0.4) is 0 Å². The predicted octanol–water partition coefficient (Wildman–Crippen LogP) is 0.644. The van der Waals surface area contributed by atoms with Gasteiger partial charge in [0, 0.05) is 5.92 Å². The van der Waals surface area contributed by atoms with Gasteiger partial charge in [0.25, 0.3) is 0 Å². The van der Waals surface area contributed by atoms with E-state index in [4.69, 9.17) is 5.11 Å². The maximum Gasteiger partial charge on any atom is 0.306 e. The van der Waals surface area contributed by atoms with Gasteiger partial charge in [0.1, 0.15) is 0 Å². The molecule has 1 rings (SSSR count). The lowest BCUT2D eigenvalue weighted by atomic mass is 10.1. The van der Waals surface area contributed by atoms with Gasteiger partial charge in [0.15, 0.2) is 0 Å². The first-order chi connectivity index (χ1) is 5.15. The monoisotopic (exact) mass is 156 g/mol. The average Bonchev–Trinajstić information content (AvgIpc) is 2.31. The van der Waals surface area contributed by atoms with Crippen LogP contribution in [0.15, 0.2) is 12.7 Å². The van der Waals surface area contributed by atoms with Gasteiger partial charge in [-0.25, -0.2) is 0 Å². The topological polar surface area (TPSA) is 57.5 Å². The molecule has 3 heteroatoms. The Bertz CT molecular complexity index is 176. The lowest BCUT2D eigenvalue weighted by Crippen LogP contribution is -2.11. The summed E-state index contributed by atoms with van der Waals surface area (Å²) >= 11 is 0. The largest absolute Gasteiger partial charge is 0.481 e. The maximum atomic E-state index is 10.5. The minimum Gasteiger partial charge on any atom is -0.481 e. The van der Waals surface area contributed by atoms with Gasteiger partial charge in [0.2, 0.25) is 0 Å². The zero-order chi connectivity index (χ0) is 8.43. The zero-order valence-corrected chi connectivity index (χ0v) is 6.23. The van der Waals surface area contributed by atoms with Crippen LogP contribution in [0.4, 0.5) is 0 Å². The molecular formula is C8H12O3. The third kappa shape index (κ3) is 1.60. The molecule has 3 atom stereocenters. The molecule has 0 radical (unpaired) electrons. The number of aliphatic hydroxyl groups is 1. The van der Waals surface area contributed by atoms with E-state index in [1.807, 2.05) is 0 Å². The smallest absolute Gasteiger partial charge is 0.306 e. The molecule has 0 aromatic heterocycles. The van der Waals surface area contributed by atoms with Gasteiger partial charge in [-0.05, 0) is 12.8 Å². The molecule has 0 aromatic carbocycles. The van der Waals surface area contributed by atoms with Crippen LogP contribution in [0.5, 0.6) is 0 Å². The van der Waals surface area contributed by atoms with E-state index in [1.165, 1.54) is 0 Å². The molecule has 0 unspecified atom stereocenters. The summed E-state index contributed by atoms with van der Waals surface area (Å²) in [6, 6.07) is 0. The van der Waals surface area contributed by atoms with E-state index >= 15 is 0 Å². The number of carboxylic acids is 1. The van der Waals surface area contributed by atoms with Gasteiger partial charge >= 0.3 is 5.97 Å². The van der Waals surface area contributed by atoms with E-state index in [-0.39, 0.29) is 11.8 Å². The fourth-order valence-electron chi connectivity index (χ4n) is 1.50. The van der Waals surface area contributed by atoms with Crippen molar-refractivity contribution in [3.63, 3.8) is 0 Å². The highest BCUT2D eigenvalue weighted by Crippen LogP contribution is 2.31. The minimum absolute atomic E-state index is 0.0314. The van der Waals surface area contributed by atoms with Crippen LogP contribution in [0.25, 0.3) is 0 Å².